The third kappa shape index (κ3) is 2.38. The lowest BCUT2D eigenvalue weighted by Gasteiger charge is -2.04. The van der Waals surface area contributed by atoms with Gasteiger partial charge in [-0.1, -0.05) is 0 Å². The molecule has 0 aliphatic carbocycles. The van der Waals surface area contributed by atoms with Gasteiger partial charge in [0.1, 0.15) is 0 Å². The summed E-state index contributed by atoms with van der Waals surface area (Å²) in [5, 5.41) is 3.58. The van der Waals surface area contributed by atoms with Crippen molar-refractivity contribution >= 4 is 21.9 Å². The van der Waals surface area contributed by atoms with Gasteiger partial charge in [0.25, 0.3) is 0 Å². The van der Waals surface area contributed by atoms with Crippen LogP contribution in [0.4, 0.5) is 19.1 Å². The van der Waals surface area contributed by atoms with Crippen molar-refractivity contribution in [3.05, 3.63) is 28.6 Å². The van der Waals surface area contributed by atoms with Crippen LogP contribution in [0, 0.1) is 0 Å². The highest BCUT2D eigenvalue weighted by Gasteiger charge is 2.32. The molecule has 0 bridgehead atoms. The van der Waals surface area contributed by atoms with Crippen molar-refractivity contribution in [2.24, 2.45) is 0 Å². The Kier molecular flexibility index (Phi) is 2.77. The third-order valence-electron chi connectivity index (χ3n) is 1.87. The Morgan fingerprint density at radius 3 is 2.59 bits per heavy atom. The van der Waals surface area contributed by atoms with E-state index in [9.17, 15) is 13.2 Å². The van der Waals surface area contributed by atoms with E-state index in [1.807, 2.05) is 0 Å². The zero-order valence-corrected chi connectivity index (χ0v) is 9.70. The van der Waals surface area contributed by atoms with Gasteiger partial charge in [0, 0.05) is 12.4 Å². The van der Waals surface area contributed by atoms with Crippen LogP contribution in [0.3, 0.4) is 0 Å². The molecule has 2 aromatic rings. The number of halogens is 4. The number of nitrogens with two attached hydrogens (primary N) is 1. The molecule has 90 valence electrons. The largest absolute Gasteiger partial charge is 0.419 e. The molecule has 0 spiro atoms. The Balaban J connectivity index is 2.47. The van der Waals surface area contributed by atoms with Gasteiger partial charge in [-0.25, -0.2) is 9.67 Å². The smallest absolute Gasteiger partial charge is 0.368 e. The van der Waals surface area contributed by atoms with Crippen LogP contribution < -0.4 is 5.73 Å². The van der Waals surface area contributed by atoms with E-state index in [1.54, 1.807) is 0 Å². The predicted octanol–water partition coefficient (Wildman–Crippen LogP) is 2.03. The molecular formula is C8H5BrF3N5. The average Bonchev–Trinajstić information content (AvgIpc) is 2.70. The summed E-state index contributed by atoms with van der Waals surface area (Å²) in [5.74, 6) is 0.0975. The van der Waals surface area contributed by atoms with Crippen molar-refractivity contribution in [2.45, 2.75) is 6.18 Å². The fraction of sp³-hybridized carbons (Fsp3) is 0.125. The van der Waals surface area contributed by atoms with Gasteiger partial charge in [-0.05, 0) is 15.9 Å². The van der Waals surface area contributed by atoms with Crippen LogP contribution in [-0.4, -0.2) is 19.7 Å². The molecule has 0 radical (unpaired) electrons. The van der Waals surface area contributed by atoms with Crippen molar-refractivity contribution < 1.29 is 13.2 Å². The first kappa shape index (κ1) is 11.8. The molecule has 0 aliphatic heterocycles. The van der Waals surface area contributed by atoms with Gasteiger partial charge >= 0.3 is 6.18 Å². The van der Waals surface area contributed by atoms with E-state index in [1.165, 1.54) is 6.20 Å². The second kappa shape index (κ2) is 3.99. The fourth-order valence-corrected chi connectivity index (χ4v) is 1.49. The predicted molar refractivity (Wildman–Crippen MR) is 56.3 cm³/mol. The van der Waals surface area contributed by atoms with E-state index in [4.69, 9.17) is 5.73 Å². The van der Waals surface area contributed by atoms with Crippen LogP contribution in [0.5, 0.6) is 0 Å². The summed E-state index contributed by atoms with van der Waals surface area (Å²) >= 11 is 3.10. The van der Waals surface area contributed by atoms with E-state index >= 15 is 0 Å². The van der Waals surface area contributed by atoms with Crippen LogP contribution in [0.25, 0.3) is 5.82 Å². The molecule has 2 rings (SSSR count). The number of anilines is 1. The molecule has 2 heterocycles. The van der Waals surface area contributed by atoms with Gasteiger partial charge in [0.05, 0.1) is 16.2 Å². The van der Waals surface area contributed by atoms with Crippen molar-refractivity contribution in [3.63, 3.8) is 0 Å². The molecule has 0 fully saturated rings. The molecule has 9 heteroatoms. The zero-order valence-electron chi connectivity index (χ0n) is 8.11. The molecule has 2 aromatic heterocycles. The summed E-state index contributed by atoms with van der Waals surface area (Å²) in [5.41, 5.74) is 4.49. The maximum atomic E-state index is 12.4. The monoisotopic (exact) mass is 307 g/mol. The first-order valence-corrected chi connectivity index (χ1v) is 5.07. The lowest BCUT2D eigenvalue weighted by Crippen LogP contribution is -2.05. The number of aromatic nitrogens is 4. The second-order valence-corrected chi connectivity index (χ2v) is 3.93. The Hall–Kier alpha value is -1.64. The molecule has 0 saturated heterocycles. The Bertz CT molecular complexity index is 550. The number of nitrogens with zero attached hydrogens (tertiary/aromatic N) is 4. The van der Waals surface area contributed by atoms with Crippen LogP contribution in [0.2, 0.25) is 0 Å². The Morgan fingerprint density at radius 1 is 1.29 bits per heavy atom. The second-order valence-electron chi connectivity index (χ2n) is 3.07. The highest BCUT2D eigenvalue weighted by molar-refractivity contribution is 9.10. The summed E-state index contributed by atoms with van der Waals surface area (Å²) in [4.78, 5) is 7.47. The van der Waals surface area contributed by atoms with E-state index in [0.717, 1.165) is 10.9 Å². The Labute approximate surface area is 102 Å². The summed E-state index contributed by atoms with van der Waals surface area (Å²) in [6.07, 6.45) is -1.56. The zero-order chi connectivity index (χ0) is 12.6. The van der Waals surface area contributed by atoms with Gasteiger partial charge in [-0.2, -0.15) is 23.3 Å². The summed E-state index contributed by atoms with van der Waals surface area (Å²) in [6, 6.07) is 0. The molecule has 0 aliphatic rings. The SMILES string of the molecule is Nc1ncc(Br)c(-n2cc(C(F)(F)F)cn2)n1. The van der Waals surface area contributed by atoms with E-state index in [0.29, 0.717) is 10.7 Å². The quantitative estimate of drug-likeness (QED) is 0.875. The lowest BCUT2D eigenvalue weighted by atomic mass is 10.4. The standard InChI is InChI=1S/C8H5BrF3N5/c9-5-2-14-7(13)16-6(5)17-3-4(1-15-17)8(10,11)12/h1-3H,(H2,13,14,16). The van der Waals surface area contributed by atoms with Gasteiger partial charge in [-0.15, -0.1) is 0 Å². The minimum atomic E-state index is -4.44. The van der Waals surface area contributed by atoms with E-state index < -0.39 is 11.7 Å². The minimum Gasteiger partial charge on any atom is -0.368 e. The van der Waals surface area contributed by atoms with E-state index in [-0.39, 0.29) is 11.8 Å². The number of rotatable bonds is 1. The van der Waals surface area contributed by atoms with E-state index in [2.05, 4.69) is 31.0 Å². The maximum Gasteiger partial charge on any atom is 0.419 e. The highest BCUT2D eigenvalue weighted by Crippen LogP contribution is 2.29. The first-order chi connectivity index (χ1) is 7.88. The van der Waals surface area contributed by atoms with Crippen molar-refractivity contribution in [3.8, 4) is 5.82 Å². The van der Waals surface area contributed by atoms with Gasteiger partial charge in [0.15, 0.2) is 5.82 Å². The first-order valence-electron chi connectivity index (χ1n) is 4.28. The van der Waals surface area contributed by atoms with Gasteiger partial charge in [0.2, 0.25) is 5.95 Å². The van der Waals surface area contributed by atoms with Crippen LogP contribution >= 0.6 is 15.9 Å². The molecule has 0 unspecified atom stereocenters. The van der Waals surface area contributed by atoms with Crippen molar-refractivity contribution in [2.75, 3.05) is 5.73 Å². The van der Waals surface area contributed by atoms with Gasteiger partial charge in [-0.3, -0.25) is 0 Å². The molecule has 0 atom stereocenters. The van der Waals surface area contributed by atoms with Crippen molar-refractivity contribution in [1.82, 2.24) is 19.7 Å². The number of hydrogen-bond donors (Lipinski definition) is 1. The van der Waals surface area contributed by atoms with Gasteiger partial charge < -0.3 is 5.73 Å². The lowest BCUT2D eigenvalue weighted by molar-refractivity contribution is -0.137. The molecule has 0 aromatic carbocycles. The fourth-order valence-electron chi connectivity index (χ4n) is 1.12. The minimum absolute atomic E-state index is 0.0488. The number of hydrogen-bond acceptors (Lipinski definition) is 4. The average molecular weight is 308 g/mol. The number of alkyl halides is 3. The summed E-state index contributed by atoms with van der Waals surface area (Å²) in [6.45, 7) is 0. The molecule has 5 nitrogen and oxygen atoms in total. The molecular weight excluding hydrogens is 303 g/mol. The molecule has 2 N–H and O–H groups in total. The molecule has 17 heavy (non-hydrogen) atoms. The normalized spacial score (nSPS) is 11.8. The third-order valence-corrected chi connectivity index (χ3v) is 2.43. The van der Waals surface area contributed by atoms with Crippen LogP contribution in [-0.2, 0) is 6.18 Å². The molecule has 0 amide bonds. The molecule has 0 saturated carbocycles. The van der Waals surface area contributed by atoms with Crippen molar-refractivity contribution in [1.29, 1.82) is 0 Å². The summed E-state index contributed by atoms with van der Waals surface area (Å²) < 4.78 is 38.5. The Morgan fingerprint density at radius 2 is 2.00 bits per heavy atom. The highest BCUT2D eigenvalue weighted by atomic mass is 79.9. The topological polar surface area (TPSA) is 69.6 Å². The van der Waals surface area contributed by atoms with Crippen LogP contribution in [0.1, 0.15) is 5.56 Å². The number of nitrogen functional groups attached to an aromatic ring is 1. The maximum absolute atomic E-state index is 12.4. The van der Waals surface area contributed by atoms with Crippen LogP contribution in [0.15, 0.2) is 23.1 Å². The summed E-state index contributed by atoms with van der Waals surface area (Å²) in [7, 11) is 0.